The van der Waals surface area contributed by atoms with Crippen molar-refractivity contribution >= 4 is 0 Å². The van der Waals surface area contributed by atoms with Gasteiger partial charge < -0.3 is 19.1 Å². The zero-order chi connectivity index (χ0) is 12.4. The first kappa shape index (κ1) is 11.1. The molecule has 7 heteroatoms. The van der Waals surface area contributed by atoms with Crippen LogP contribution in [-0.4, -0.2) is 40.1 Å². The van der Waals surface area contributed by atoms with Gasteiger partial charge in [0.1, 0.15) is 11.9 Å². The molecule has 3 rings (SSSR count). The standard InChI is InChI=1S/C11H11N3O4/c15-7-2-1-3-12-9(7)11-13-10(14-18-11)8-6-16-4-5-17-8/h1-3,8,15H,4-6H2. The second-order valence-corrected chi connectivity index (χ2v) is 3.76. The molecule has 94 valence electrons. The molecular weight excluding hydrogens is 238 g/mol. The summed E-state index contributed by atoms with van der Waals surface area (Å²) in [6, 6.07) is 3.13. The number of hydrogen-bond donors (Lipinski definition) is 1. The van der Waals surface area contributed by atoms with Gasteiger partial charge in [0.25, 0.3) is 5.89 Å². The lowest BCUT2D eigenvalue weighted by Gasteiger charge is -2.19. The van der Waals surface area contributed by atoms with Crippen molar-refractivity contribution in [1.29, 1.82) is 0 Å². The molecule has 0 amide bonds. The Labute approximate surface area is 102 Å². The van der Waals surface area contributed by atoms with E-state index in [0.717, 1.165) is 0 Å². The first-order valence-corrected chi connectivity index (χ1v) is 5.52. The molecule has 2 aromatic heterocycles. The highest BCUT2D eigenvalue weighted by Gasteiger charge is 2.23. The Bertz CT molecular complexity index is 537. The molecule has 1 N–H and O–H groups in total. The van der Waals surface area contributed by atoms with Gasteiger partial charge in [-0.15, -0.1) is 0 Å². The third kappa shape index (κ3) is 2.05. The number of ether oxygens (including phenoxy) is 2. The van der Waals surface area contributed by atoms with Crippen molar-refractivity contribution in [3.63, 3.8) is 0 Å². The van der Waals surface area contributed by atoms with Gasteiger partial charge in [-0.05, 0) is 12.1 Å². The molecule has 1 fully saturated rings. The van der Waals surface area contributed by atoms with Crippen LogP contribution in [0.1, 0.15) is 11.9 Å². The lowest BCUT2D eigenvalue weighted by molar-refractivity contribution is -0.0941. The van der Waals surface area contributed by atoms with E-state index in [1.54, 1.807) is 12.3 Å². The van der Waals surface area contributed by atoms with E-state index in [1.165, 1.54) is 6.07 Å². The Morgan fingerprint density at radius 1 is 1.33 bits per heavy atom. The van der Waals surface area contributed by atoms with Crippen molar-refractivity contribution in [1.82, 2.24) is 15.1 Å². The number of pyridine rings is 1. The van der Waals surface area contributed by atoms with Crippen LogP contribution < -0.4 is 0 Å². The minimum Gasteiger partial charge on any atom is -0.505 e. The Morgan fingerprint density at radius 3 is 3.06 bits per heavy atom. The maximum absolute atomic E-state index is 9.64. The average molecular weight is 249 g/mol. The fraction of sp³-hybridized carbons (Fsp3) is 0.364. The first-order valence-electron chi connectivity index (χ1n) is 5.52. The summed E-state index contributed by atoms with van der Waals surface area (Å²) in [5.74, 6) is 0.556. The maximum Gasteiger partial charge on any atom is 0.280 e. The minimum absolute atomic E-state index is 0.00601. The third-order valence-electron chi connectivity index (χ3n) is 2.53. The van der Waals surface area contributed by atoms with Gasteiger partial charge in [0.05, 0.1) is 19.8 Å². The van der Waals surface area contributed by atoms with Gasteiger partial charge in [0, 0.05) is 6.20 Å². The molecule has 0 saturated carbocycles. The smallest absolute Gasteiger partial charge is 0.280 e. The largest absolute Gasteiger partial charge is 0.505 e. The number of nitrogens with zero attached hydrogens (tertiary/aromatic N) is 3. The van der Waals surface area contributed by atoms with Crippen LogP contribution in [0.5, 0.6) is 5.75 Å². The molecule has 0 spiro atoms. The van der Waals surface area contributed by atoms with Crippen LogP contribution in [0.15, 0.2) is 22.9 Å². The number of aromatic hydroxyl groups is 1. The second-order valence-electron chi connectivity index (χ2n) is 3.76. The molecule has 2 aromatic rings. The van der Waals surface area contributed by atoms with Crippen molar-refractivity contribution in [2.45, 2.75) is 6.10 Å². The van der Waals surface area contributed by atoms with E-state index in [2.05, 4.69) is 15.1 Å². The van der Waals surface area contributed by atoms with Crippen molar-refractivity contribution < 1.29 is 19.1 Å². The van der Waals surface area contributed by atoms with Crippen molar-refractivity contribution in [3.05, 3.63) is 24.2 Å². The van der Waals surface area contributed by atoms with Crippen molar-refractivity contribution in [2.75, 3.05) is 19.8 Å². The highest BCUT2D eigenvalue weighted by Crippen LogP contribution is 2.26. The normalized spacial score (nSPS) is 19.9. The number of aromatic nitrogens is 3. The van der Waals surface area contributed by atoms with E-state index >= 15 is 0 Å². The molecule has 1 saturated heterocycles. The molecule has 3 heterocycles. The summed E-state index contributed by atoms with van der Waals surface area (Å²) in [7, 11) is 0. The van der Waals surface area contributed by atoms with Crippen molar-refractivity contribution in [2.24, 2.45) is 0 Å². The Kier molecular flexibility index (Phi) is 2.91. The zero-order valence-electron chi connectivity index (χ0n) is 9.44. The quantitative estimate of drug-likeness (QED) is 0.846. The number of hydrogen-bond acceptors (Lipinski definition) is 7. The lowest BCUT2D eigenvalue weighted by Crippen LogP contribution is -2.22. The van der Waals surface area contributed by atoms with Crippen LogP contribution in [0.3, 0.4) is 0 Å². The first-order chi connectivity index (χ1) is 8.84. The van der Waals surface area contributed by atoms with Gasteiger partial charge in [-0.1, -0.05) is 5.16 Å². The van der Waals surface area contributed by atoms with Gasteiger partial charge >= 0.3 is 0 Å². The minimum atomic E-state index is -0.331. The molecule has 0 bridgehead atoms. The SMILES string of the molecule is Oc1cccnc1-c1nc(C2COCCO2)no1. The predicted octanol–water partition coefficient (Wildman–Crippen LogP) is 0.925. The summed E-state index contributed by atoms with van der Waals surface area (Å²) >= 11 is 0. The molecule has 7 nitrogen and oxygen atoms in total. The predicted molar refractivity (Wildman–Crippen MR) is 58.7 cm³/mol. The van der Waals surface area contributed by atoms with Crippen LogP contribution in [0.2, 0.25) is 0 Å². The lowest BCUT2D eigenvalue weighted by atomic mass is 10.3. The molecule has 1 atom stereocenters. The van der Waals surface area contributed by atoms with Gasteiger partial charge in [-0.3, -0.25) is 0 Å². The fourth-order valence-electron chi connectivity index (χ4n) is 1.66. The van der Waals surface area contributed by atoms with E-state index in [9.17, 15) is 5.11 Å². The van der Waals surface area contributed by atoms with Crippen molar-refractivity contribution in [3.8, 4) is 17.3 Å². The molecule has 1 aliphatic heterocycles. The second kappa shape index (κ2) is 4.71. The molecule has 1 aliphatic rings. The highest BCUT2D eigenvalue weighted by atomic mass is 16.6. The average Bonchev–Trinajstić information content (AvgIpc) is 2.90. The summed E-state index contributed by atoms with van der Waals surface area (Å²) in [5.41, 5.74) is 0.257. The number of rotatable bonds is 2. The van der Waals surface area contributed by atoms with Crippen LogP contribution in [0.4, 0.5) is 0 Å². The molecular formula is C11H11N3O4. The van der Waals surface area contributed by atoms with Gasteiger partial charge in [-0.25, -0.2) is 4.98 Å². The topological polar surface area (TPSA) is 90.5 Å². The Balaban J connectivity index is 1.87. The summed E-state index contributed by atoms with van der Waals surface area (Å²) in [4.78, 5) is 8.15. The Morgan fingerprint density at radius 2 is 2.28 bits per heavy atom. The van der Waals surface area contributed by atoms with Crippen LogP contribution in [0, 0.1) is 0 Å². The monoisotopic (exact) mass is 249 g/mol. The van der Waals surface area contributed by atoms with E-state index in [1.807, 2.05) is 0 Å². The van der Waals surface area contributed by atoms with Gasteiger partial charge in [0.2, 0.25) is 5.82 Å². The summed E-state index contributed by atoms with van der Waals surface area (Å²) in [6.07, 6.45) is 1.21. The fourth-order valence-corrected chi connectivity index (χ4v) is 1.66. The van der Waals surface area contributed by atoms with Crippen LogP contribution in [0.25, 0.3) is 11.6 Å². The molecule has 18 heavy (non-hydrogen) atoms. The third-order valence-corrected chi connectivity index (χ3v) is 2.53. The Hall–Kier alpha value is -1.99. The maximum atomic E-state index is 9.64. The summed E-state index contributed by atoms with van der Waals surface area (Å²) in [6.45, 7) is 1.47. The molecule has 0 aromatic carbocycles. The van der Waals surface area contributed by atoms with E-state index in [-0.39, 0.29) is 23.4 Å². The van der Waals surface area contributed by atoms with Crippen LogP contribution in [-0.2, 0) is 9.47 Å². The van der Waals surface area contributed by atoms with Crippen LogP contribution >= 0.6 is 0 Å². The van der Waals surface area contributed by atoms with E-state index in [0.29, 0.717) is 25.6 Å². The molecule has 0 radical (unpaired) electrons. The van der Waals surface area contributed by atoms with Gasteiger partial charge in [-0.2, -0.15) is 4.98 Å². The molecule has 0 aliphatic carbocycles. The molecule has 1 unspecified atom stereocenters. The van der Waals surface area contributed by atoms with E-state index < -0.39 is 0 Å². The summed E-state index contributed by atoms with van der Waals surface area (Å²) < 4.78 is 15.8. The van der Waals surface area contributed by atoms with E-state index in [4.69, 9.17) is 14.0 Å². The highest BCUT2D eigenvalue weighted by molar-refractivity contribution is 5.55. The zero-order valence-corrected chi connectivity index (χ0v) is 9.44. The van der Waals surface area contributed by atoms with Gasteiger partial charge in [0.15, 0.2) is 5.69 Å². The summed E-state index contributed by atoms with van der Waals surface area (Å²) in [5, 5.41) is 13.5.